The third kappa shape index (κ3) is 0.633. The minimum absolute atomic E-state index is 0.936. The van der Waals surface area contributed by atoms with Crippen LogP contribution < -0.4 is 0 Å². The van der Waals surface area contributed by atoms with Crippen LogP contribution in [0.2, 0.25) is 0 Å². The van der Waals surface area contributed by atoms with Gasteiger partial charge < -0.3 is 0 Å². The summed E-state index contributed by atoms with van der Waals surface area (Å²) >= 11 is 0. The average Bonchev–Trinajstić information content (AvgIpc) is 2.33. The van der Waals surface area contributed by atoms with E-state index in [1.165, 1.54) is 5.57 Å². The van der Waals surface area contributed by atoms with E-state index in [1.54, 1.807) is 6.20 Å². The Bertz CT molecular complexity index is 244. The molecule has 0 saturated heterocycles. The summed E-state index contributed by atoms with van der Waals surface area (Å²) in [5.74, 6) is 0. The van der Waals surface area contributed by atoms with Crippen LogP contribution in [-0.4, -0.2) is 12.4 Å². The van der Waals surface area contributed by atoms with Crippen LogP contribution in [0.15, 0.2) is 33.5 Å². The normalized spacial score (nSPS) is 21.3. The molecule has 0 amide bonds. The summed E-state index contributed by atoms with van der Waals surface area (Å²) in [6.45, 7) is 0. The van der Waals surface area contributed by atoms with Crippen molar-refractivity contribution < 1.29 is 0 Å². The van der Waals surface area contributed by atoms with Crippen molar-refractivity contribution in [1.29, 1.82) is 0 Å². The number of fused-ring (bicyclic) bond motifs is 1. The van der Waals surface area contributed by atoms with Gasteiger partial charge in [-0.3, -0.25) is 9.98 Å². The lowest BCUT2D eigenvalue weighted by Crippen LogP contribution is -1.88. The van der Waals surface area contributed by atoms with Crippen LogP contribution in [0.3, 0.4) is 0 Å². The van der Waals surface area contributed by atoms with Crippen LogP contribution in [0.5, 0.6) is 0 Å². The van der Waals surface area contributed by atoms with E-state index in [0.29, 0.717) is 0 Å². The van der Waals surface area contributed by atoms with Gasteiger partial charge >= 0.3 is 0 Å². The molecular formula is C7H6N2. The third-order valence-electron chi connectivity index (χ3n) is 1.43. The minimum atomic E-state index is 0.936. The summed E-state index contributed by atoms with van der Waals surface area (Å²) in [4.78, 5) is 8.07. The van der Waals surface area contributed by atoms with E-state index < -0.39 is 0 Å². The first-order valence-electron chi connectivity index (χ1n) is 2.92. The molecule has 2 nitrogen and oxygen atoms in total. The van der Waals surface area contributed by atoms with Crippen molar-refractivity contribution >= 4 is 12.4 Å². The third-order valence-corrected chi connectivity index (χ3v) is 1.43. The number of hydrogen-bond donors (Lipinski definition) is 0. The Kier molecular flexibility index (Phi) is 0.859. The number of hydrogen-bond acceptors (Lipinski definition) is 2. The first-order valence-corrected chi connectivity index (χ1v) is 2.92. The second-order valence-corrected chi connectivity index (χ2v) is 2.02. The Labute approximate surface area is 53.3 Å². The molecule has 0 unspecified atom stereocenters. The van der Waals surface area contributed by atoms with Crippen molar-refractivity contribution in [3.8, 4) is 0 Å². The van der Waals surface area contributed by atoms with Gasteiger partial charge in [0, 0.05) is 18.9 Å². The number of allylic oxidation sites excluding steroid dienone is 2. The lowest BCUT2D eigenvalue weighted by Gasteiger charge is -2.01. The zero-order chi connectivity index (χ0) is 6.10. The first-order chi connectivity index (χ1) is 4.47. The molecule has 0 bridgehead atoms. The number of rotatable bonds is 0. The van der Waals surface area contributed by atoms with Crippen LogP contribution in [-0.2, 0) is 0 Å². The molecule has 0 spiro atoms. The number of aliphatic imine (C=N–C) groups is 2. The molecular weight excluding hydrogens is 112 g/mol. The fraction of sp³-hybridized carbons (Fsp3) is 0.143. The molecule has 0 aromatic rings. The molecule has 2 heterocycles. The Morgan fingerprint density at radius 3 is 3.33 bits per heavy atom. The van der Waals surface area contributed by atoms with Gasteiger partial charge in [0.1, 0.15) is 0 Å². The molecule has 9 heavy (non-hydrogen) atoms. The summed E-state index contributed by atoms with van der Waals surface area (Å²) in [7, 11) is 0. The van der Waals surface area contributed by atoms with Crippen molar-refractivity contribution in [2.24, 2.45) is 9.98 Å². The molecule has 0 atom stereocenters. The maximum Gasteiger partial charge on any atom is 0.0848 e. The molecule has 2 aliphatic rings. The summed E-state index contributed by atoms with van der Waals surface area (Å²) in [5, 5.41) is 0. The maximum atomic E-state index is 4.09. The lowest BCUT2D eigenvalue weighted by molar-refractivity contribution is 1.21. The molecule has 44 valence electrons. The van der Waals surface area contributed by atoms with Gasteiger partial charge in [0.2, 0.25) is 0 Å². The highest BCUT2D eigenvalue weighted by atomic mass is 14.8. The summed E-state index contributed by atoms with van der Waals surface area (Å²) in [6.07, 6.45) is 8.46. The molecule has 0 N–H and O–H groups in total. The van der Waals surface area contributed by atoms with Gasteiger partial charge in [-0.1, -0.05) is 0 Å². The van der Waals surface area contributed by atoms with Crippen molar-refractivity contribution in [2.45, 2.75) is 6.42 Å². The Morgan fingerprint density at radius 1 is 1.44 bits per heavy atom. The molecule has 0 saturated carbocycles. The van der Waals surface area contributed by atoms with Crippen LogP contribution >= 0.6 is 0 Å². The molecule has 0 aromatic carbocycles. The largest absolute Gasteiger partial charge is 0.266 e. The summed E-state index contributed by atoms with van der Waals surface area (Å²) in [6, 6.07) is 0. The van der Waals surface area contributed by atoms with Gasteiger partial charge in [-0.15, -0.1) is 0 Å². The molecule has 0 aliphatic carbocycles. The number of nitrogens with zero attached hydrogens (tertiary/aromatic N) is 2. The molecule has 2 rings (SSSR count). The fourth-order valence-corrected chi connectivity index (χ4v) is 0.939. The predicted molar refractivity (Wildman–Crippen MR) is 37.8 cm³/mol. The van der Waals surface area contributed by atoms with Gasteiger partial charge in [0.15, 0.2) is 0 Å². The summed E-state index contributed by atoms with van der Waals surface area (Å²) < 4.78 is 0. The van der Waals surface area contributed by atoms with Crippen LogP contribution in [0.4, 0.5) is 0 Å². The lowest BCUT2D eigenvalue weighted by atomic mass is 10.1. The molecule has 2 heteroatoms. The minimum Gasteiger partial charge on any atom is -0.266 e. The van der Waals surface area contributed by atoms with E-state index in [0.717, 1.165) is 12.1 Å². The van der Waals surface area contributed by atoms with Crippen molar-refractivity contribution in [3.63, 3.8) is 0 Å². The molecule has 0 aromatic heterocycles. The summed E-state index contributed by atoms with van der Waals surface area (Å²) in [5.41, 5.74) is 2.31. The predicted octanol–water partition coefficient (Wildman–Crippen LogP) is 1.31. The van der Waals surface area contributed by atoms with Crippen molar-refractivity contribution in [2.75, 3.05) is 0 Å². The first kappa shape index (κ1) is 4.68. The SMILES string of the molecule is C1=NC=C2N=CC=C2C1. The fourth-order valence-electron chi connectivity index (χ4n) is 0.939. The smallest absolute Gasteiger partial charge is 0.0848 e. The van der Waals surface area contributed by atoms with Crippen LogP contribution in [0, 0.1) is 0 Å². The zero-order valence-electron chi connectivity index (χ0n) is 4.91. The standard InChI is InChI=1S/C7H6N2/c1-3-8-5-7-6(1)2-4-9-7/h2-5H,1H2. The zero-order valence-corrected chi connectivity index (χ0v) is 4.91. The monoisotopic (exact) mass is 118 g/mol. The molecule has 0 radical (unpaired) electrons. The molecule has 2 aliphatic heterocycles. The maximum absolute atomic E-state index is 4.09. The highest BCUT2D eigenvalue weighted by Gasteiger charge is 2.07. The van der Waals surface area contributed by atoms with E-state index in [4.69, 9.17) is 0 Å². The van der Waals surface area contributed by atoms with E-state index in [-0.39, 0.29) is 0 Å². The van der Waals surface area contributed by atoms with E-state index >= 15 is 0 Å². The van der Waals surface area contributed by atoms with Crippen molar-refractivity contribution in [3.05, 3.63) is 23.5 Å². The second kappa shape index (κ2) is 1.65. The second-order valence-electron chi connectivity index (χ2n) is 2.02. The van der Waals surface area contributed by atoms with Crippen LogP contribution in [0.1, 0.15) is 6.42 Å². The average molecular weight is 118 g/mol. The topological polar surface area (TPSA) is 24.7 Å². The Morgan fingerprint density at radius 2 is 2.44 bits per heavy atom. The highest BCUT2D eigenvalue weighted by molar-refractivity contribution is 5.83. The van der Waals surface area contributed by atoms with Gasteiger partial charge in [-0.25, -0.2) is 0 Å². The van der Waals surface area contributed by atoms with Gasteiger partial charge in [-0.05, 0) is 11.6 Å². The van der Waals surface area contributed by atoms with Gasteiger partial charge in [-0.2, -0.15) is 0 Å². The van der Waals surface area contributed by atoms with Crippen LogP contribution in [0.25, 0.3) is 0 Å². The quantitative estimate of drug-likeness (QED) is 0.458. The molecule has 0 fully saturated rings. The van der Waals surface area contributed by atoms with Crippen molar-refractivity contribution in [1.82, 2.24) is 0 Å². The Balaban J connectivity index is 2.46. The van der Waals surface area contributed by atoms with Gasteiger partial charge in [0.25, 0.3) is 0 Å². The van der Waals surface area contributed by atoms with E-state index in [9.17, 15) is 0 Å². The Hall–Kier alpha value is -1.18. The highest BCUT2D eigenvalue weighted by Crippen LogP contribution is 2.20. The van der Waals surface area contributed by atoms with E-state index in [1.807, 2.05) is 18.5 Å². The van der Waals surface area contributed by atoms with Gasteiger partial charge in [0.05, 0.1) is 11.9 Å². The van der Waals surface area contributed by atoms with E-state index in [2.05, 4.69) is 9.98 Å².